The molecule has 0 amide bonds. The number of nitrogens with zero attached hydrogens (tertiary/aromatic N) is 2. The number of fused-ring (bicyclic) bond motifs is 3. The SMILES string of the molecule is Cc1ccc2c(n1)oc1c(-c3cc(C)c(-c4ccccc4)cn3)cccc12. The van der Waals surface area contributed by atoms with Gasteiger partial charge in [0.05, 0.1) is 5.69 Å². The predicted molar refractivity (Wildman–Crippen MR) is 110 cm³/mol. The van der Waals surface area contributed by atoms with E-state index in [0.29, 0.717) is 5.71 Å². The minimum absolute atomic E-state index is 0.676. The first kappa shape index (κ1) is 15.8. The molecule has 0 fully saturated rings. The Morgan fingerprint density at radius 2 is 1.63 bits per heavy atom. The molecule has 0 aliphatic rings. The fourth-order valence-electron chi connectivity index (χ4n) is 3.60. The Morgan fingerprint density at radius 3 is 2.44 bits per heavy atom. The van der Waals surface area contributed by atoms with E-state index in [2.05, 4.69) is 54.4 Å². The van der Waals surface area contributed by atoms with Crippen molar-refractivity contribution in [1.29, 1.82) is 0 Å². The topological polar surface area (TPSA) is 38.9 Å². The zero-order valence-corrected chi connectivity index (χ0v) is 15.2. The highest BCUT2D eigenvalue weighted by atomic mass is 16.3. The molecule has 0 radical (unpaired) electrons. The van der Waals surface area contributed by atoms with Crippen LogP contribution in [-0.4, -0.2) is 9.97 Å². The van der Waals surface area contributed by atoms with E-state index in [1.807, 2.05) is 37.4 Å². The van der Waals surface area contributed by atoms with Gasteiger partial charge in [-0.15, -0.1) is 0 Å². The van der Waals surface area contributed by atoms with Gasteiger partial charge in [0, 0.05) is 33.8 Å². The maximum Gasteiger partial charge on any atom is 0.227 e. The highest BCUT2D eigenvalue weighted by Crippen LogP contribution is 2.35. The van der Waals surface area contributed by atoms with E-state index in [9.17, 15) is 0 Å². The molecule has 130 valence electrons. The van der Waals surface area contributed by atoms with Crippen LogP contribution in [0.3, 0.4) is 0 Å². The van der Waals surface area contributed by atoms with Crippen molar-refractivity contribution in [3.63, 3.8) is 0 Å². The molecule has 27 heavy (non-hydrogen) atoms. The van der Waals surface area contributed by atoms with Gasteiger partial charge in [-0.25, -0.2) is 4.98 Å². The number of aromatic nitrogens is 2. The van der Waals surface area contributed by atoms with Crippen molar-refractivity contribution < 1.29 is 4.42 Å². The van der Waals surface area contributed by atoms with Crippen LogP contribution in [0, 0.1) is 13.8 Å². The quantitative estimate of drug-likeness (QED) is 0.373. The Bertz CT molecular complexity index is 1290. The molecule has 3 heterocycles. The summed E-state index contributed by atoms with van der Waals surface area (Å²) in [6.45, 7) is 4.10. The zero-order chi connectivity index (χ0) is 18.4. The van der Waals surface area contributed by atoms with Crippen LogP contribution in [0.15, 0.2) is 77.3 Å². The normalized spacial score (nSPS) is 11.3. The second-order valence-corrected chi connectivity index (χ2v) is 6.84. The van der Waals surface area contributed by atoms with E-state index in [4.69, 9.17) is 9.40 Å². The molecular formula is C24H18N2O. The van der Waals surface area contributed by atoms with Gasteiger partial charge in [0.2, 0.25) is 5.71 Å². The lowest BCUT2D eigenvalue weighted by Crippen LogP contribution is -1.90. The molecule has 0 saturated carbocycles. The fourth-order valence-corrected chi connectivity index (χ4v) is 3.60. The molecule has 0 N–H and O–H groups in total. The summed E-state index contributed by atoms with van der Waals surface area (Å²) in [5, 5.41) is 2.11. The van der Waals surface area contributed by atoms with Crippen LogP contribution in [0.25, 0.3) is 44.5 Å². The Balaban J connectivity index is 1.70. The fraction of sp³-hybridized carbons (Fsp3) is 0.0833. The van der Waals surface area contributed by atoms with Gasteiger partial charge in [-0.3, -0.25) is 4.98 Å². The molecule has 0 bridgehead atoms. The molecule has 0 spiro atoms. The molecule has 0 aliphatic heterocycles. The molecule has 3 aromatic heterocycles. The van der Waals surface area contributed by atoms with E-state index in [0.717, 1.165) is 38.9 Å². The third-order valence-corrected chi connectivity index (χ3v) is 4.97. The summed E-state index contributed by atoms with van der Waals surface area (Å²) in [5.41, 5.74) is 7.88. The number of hydrogen-bond acceptors (Lipinski definition) is 3. The number of pyridine rings is 2. The first-order valence-electron chi connectivity index (χ1n) is 9.02. The van der Waals surface area contributed by atoms with Crippen molar-refractivity contribution in [1.82, 2.24) is 9.97 Å². The van der Waals surface area contributed by atoms with Crippen LogP contribution in [0.1, 0.15) is 11.3 Å². The van der Waals surface area contributed by atoms with Gasteiger partial charge in [0.25, 0.3) is 0 Å². The van der Waals surface area contributed by atoms with Crippen LogP contribution in [0.2, 0.25) is 0 Å². The molecule has 5 aromatic rings. The Labute approximate surface area is 157 Å². The summed E-state index contributed by atoms with van der Waals surface area (Å²) in [7, 11) is 0. The number of rotatable bonds is 2. The number of hydrogen-bond donors (Lipinski definition) is 0. The van der Waals surface area contributed by atoms with E-state index >= 15 is 0 Å². The summed E-state index contributed by atoms with van der Waals surface area (Å²) in [6, 6.07) is 22.7. The van der Waals surface area contributed by atoms with E-state index < -0.39 is 0 Å². The van der Waals surface area contributed by atoms with Crippen LogP contribution < -0.4 is 0 Å². The second-order valence-electron chi connectivity index (χ2n) is 6.84. The molecule has 0 unspecified atom stereocenters. The highest BCUT2D eigenvalue weighted by molar-refractivity contribution is 6.08. The molecule has 3 nitrogen and oxygen atoms in total. The van der Waals surface area contributed by atoms with Gasteiger partial charge in [0.15, 0.2) is 0 Å². The molecule has 2 aromatic carbocycles. The van der Waals surface area contributed by atoms with Gasteiger partial charge >= 0.3 is 0 Å². The lowest BCUT2D eigenvalue weighted by atomic mass is 10.00. The lowest BCUT2D eigenvalue weighted by molar-refractivity contribution is 0.653. The first-order valence-corrected chi connectivity index (χ1v) is 9.02. The predicted octanol–water partition coefficient (Wildman–Crippen LogP) is 6.33. The number of para-hydroxylation sites is 1. The monoisotopic (exact) mass is 350 g/mol. The van der Waals surface area contributed by atoms with Crippen molar-refractivity contribution in [2.45, 2.75) is 13.8 Å². The molecule has 5 rings (SSSR count). The van der Waals surface area contributed by atoms with Gasteiger partial charge in [-0.2, -0.15) is 0 Å². The van der Waals surface area contributed by atoms with Crippen molar-refractivity contribution in [3.8, 4) is 22.4 Å². The Hall–Kier alpha value is -3.46. The standard InChI is InChI=1S/C24H18N2O/c1-15-13-22(25-14-21(15)17-7-4-3-5-8-17)20-10-6-9-18-19-12-11-16(2)26-24(19)27-23(18)20/h3-14H,1-2H3. The van der Waals surface area contributed by atoms with Crippen molar-refractivity contribution >= 4 is 22.1 Å². The minimum Gasteiger partial charge on any atom is -0.437 e. The zero-order valence-electron chi connectivity index (χ0n) is 15.2. The molecule has 0 aliphatic carbocycles. The largest absolute Gasteiger partial charge is 0.437 e. The number of aryl methyl sites for hydroxylation is 2. The summed E-state index contributed by atoms with van der Waals surface area (Å²) in [5.74, 6) is 0. The Morgan fingerprint density at radius 1 is 0.778 bits per heavy atom. The summed E-state index contributed by atoms with van der Waals surface area (Å²) >= 11 is 0. The highest BCUT2D eigenvalue weighted by Gasteiger charge is 2.14. The van der Waals surface area contributed by atoms with Crippen LogP contribution in [0.5, 0.6) is 0 Å². The lowest BCUT2D eigenvalue weighted by Gasteiger charge is -2.08. The van der Waals surface area contributed by atoms with Gasteiger partial charge in [-0.05, 0) is 49.2 Å². The van der Waals surface area contributed by atoms with Crippen LogP contribution >= 0.6 is 0 Å². The average Bonchev–Trinajstić information content (AvgIpc) is 3.06. The Kier molecular flexibility index (Phi) is 3.54. The van der Waals surface area contributed by atoms with Gasteiger partial charge < -0.3 is 4.42 Å². The molecule has 0 saturated heterocycles. The van der Waals surface area contributed by atoms with Crippen LogP contribution in [-0.2, 0) is 0 Å². The maximum absolute atomic E-state index is 6.12. The van der Waals surface area contributed by atoms with Crippen molar-refractivity contribution in [2.24, 2.45) is 0 Å². The smallest absolute Gasteiger partial charge is 0.227 e. The van der Waals surface area contributed by atoms with E-state index in [-0.39, 0.29) is 0 Å². The maximum atomic E-state index is 6.12. The van der Waals surface area contributed by atoms with Gasteiger partial charge in [0.1, 0.15) is 5.58 Å². The summed E-state index contributed by atoms with van der Waals surface area (Å²) < 4.78 is 6.12. The summed E-state index contributed by atoms with van der Waals surface area (Å²) in [4.78, 5) is 9.28. The van der Waals surface area contributed by atoms with Crippen molar-refractivity contribution in [3.05, 3.63) is 84.2 Å². The molecule has 0 atom stereocenters. The van der Waals surface area contributed by atoms with E-state index in [1.54, 1.807) is 0 Å². The number of furan rings is 1. The van der Waals surface area contributed by atoms with Gasteiger partial charge in [-0.1, -0.05) is 42.5 Å². The summed E-state index contributed by atoms with van der Waals surface area (Å²) in [6.07, 6.45) is 1.95. The third-order valence-electron chi connectivity index (χ3n) is 4.97. The molecular weight excluding hydrogens is 332 g/mol. The minimum atomic E-state index is 0.676. The number of benzene rings is 2. The van der Waals surface area contributed by atoms with Crippen LogP contribution in [0.4, 0.5) is 0 Å². The van der Waals surface area contributed by atoms with Crippen molar-refractivity contribution in [2.75, 3.05) is 0 Å². The second kappa shape index (κ2) is 6.06. The van der Waals surface area contributed by atoms with E-state index in [1.165, 1.54) is 11.1 Å². The average molecular weight is 350 g/mol. The third kappa shape index (κ3) is 2.59. The molecule has 3 heteroatoms. The first-order chi connectivity index (χ1) is 13.2.